The van der Waals surface area contributed by atoms with Crippen molar-refractivity contribution in [3.8, 4) is 5.75 Å². The Labute approximate surface area is 125 Å². The molecule has 1 aromatic heterocycles. The van der Waals surface area contributed by atoms with E-state index in [4.69, 9.17) is 9.47 Å². The molecule has 0 N–H and O–H groups in total. The highest BCUT2D eigenvalue weighted by molar-refractivity contribution is 5.85. The Balaban J connectivity index is 2.37. The maximum atomic E-state index is 11.0. The van der Waals surface area contributed by atoms with Crippen molar-refractivity contribution in [2.24, 2.45) is 0 Å². The van der Waals surface area contributed by atoms with Crippen LogP contribution in [0.4, 0.5) is 0 Å². The number of fused-ring (bicyclic) bond motifs is 1. The van der Waals surface area contributed by atoms with Crippen molar-refractivity contribution in [1.29, 1.82) is 0 Å². The molecule has 1 aromatic carbocycles. The van der Waals surface area contributed by atoms with Crippen LogP contribution in [0, 0.1) is 0 Å². The maximum absolute atomic E-state index is 11.0. The van der Waals surface area contributed by atoms with Crippen LogP contribution in [0.5, 0.6) is 5.75 Å². The van der Waals surface area contributed by atoms with Gasteiger partial charge in [0.05, 0.1) is 12.6 Å². The monoisotopic (exact) mass is 290 g/mol. The molecule has 0 atom stereocenters. The summed E-state index contributed by atoms with van der Waals surface area (Å²) in [6, 6.07) is 5.95. The number of likely N-dealkylation sites (N-methyl/N-ethyl adjacent to an activating group) is 1. The average Bonchev–Trinajstić information content (AvgIpc) is 2.80. The van der Waals surface area contributed by atoms with Crippen LogP contribution in [-0.2, 0) is 22.7 Å². The molecule has 0 spiro atoms. The van der Waals surface area contributed by atoms with Gasteiger partial charge in [0.25, 0.3) is 0 Å². The van der Waals surface area contributed by atoms with Crippen LogP contribution in [0.1, 0.15) is 12.5 Å². The Hall–Kier alpha value is -2.01. The molecule has 1 heterocycles. The number of esters is 1. The van der Waals surface area contributed by atoms with Crippen molar-refractivity contribution < 1.29 is 14.3 Å². The maximum Gasteiger partial charge on any atom is 0.304 e. The number of ether oxygens (including phenoxy) is 2. The van der Waals surface area contributed by atoms with Crippen LogP contribution in [0.3, 0.4) is 0 Å². The van der Waals surface area contributed by atoms with E-state index in [2.05, 4.69) is 25.2 Å². The van der Waals surface area contributed by atoms with E-state index < -0.39 is 0 Å². The molecule has 0 aliphatic heterocycles. The minimum atomic E-state index is -0.278. The molecule has 0 fully saturated rings. The lowest BCUT2D eigenvalue weighted by molar-refractivity contribution is -0.144. The number of hydrogen-bond donors (Lipinski definition) is 0. The van der Waals surface area contributed by atoms with Gasteiger partial charge in [-0.3, -0.25) is 4.79 Å². The largest absolute Gasteiger partial charge is 0.497 e. The lowest BCUT2D eigenvalue weighted by Crippen LogP contribution is -2.14. The molecule has 21 heavy (non-hydrogen) atoms. The van der Waals surface area contributed by atoms with E-state index in [0.717, 1.165) is 29.6 Å². The summed E-state index contributed by atoms with van der Waals surface area (Å²) >= 11 is 0. The van der Waals surface area contributed by atoms with Crippen molar-refractivity contribution >= 4 is 16.9 Å². The molecule has 0 saturated heterocycles. The molecule has 0 aliphatic rings. The second kappa shape index (κ2) is 6.63. The van der Waals surface area contributed by atoms with Gasteiger partial charge in [-0.15, -0.1) is 0 Å². The van der Waals surface area contributed by atoms with Gasteiger partial charge in [-0.2, -0.15) is 0 Å². The minimum Gasteiger partial charge on any atom is -0.497 e. The highest BCUT2D eigenvalue weighted by atomic mass is 16.5. The number of nitrogens with zero attached hydrogens (tertiary/aromatic N) is 2. The molecule has 2 rings (SSSR count). The second-order valence-electron chi connectivity index (χ2n) is 5.33. The van der Waals surface area contributed by atoms with Gasteiger partial charge in [-0.05, 0) is 44.3 Å². The van der Waals surface area contributed by atoms with Gasteiger partial charge < -0.3 is 18.9 Å². The molecule has 114 valence electrons. The summed E-state index contributed by atoms with van der Waals surface area (Å²) in [7, 11) is 5.77. The minimum absolute atomic E-state index is 0.236. The molecule has 0 aliphatic carbocycles. The van der Waals surface area contributed by atoms with Crippen molar-refractivity contribution in [2.75, 3.05) is 27.7 Å². The second-order valence-corrected chi connectivity index (χ2v) is 5.33. The first kappa shape index (κ1) is 15.4. The number of rotatable bonds is 6. The number of aromatic nitrogens is 1. The molecular weight excluding hydrogens is 268 g/mol. The number of methoxy groups -OCH3 is 1. The zero-order valence-corrected chi connectivity index (χ0v) is 13.0. The Morgan fingerprint density at radius 1 is 1.33 bits per heavy atom. The summed E-state index contributed by atoms with van der Waals surface area (Å²) in [4.78, 5) is 13.2. The molecule has 5 nitrogen and oxygen atoms in total. The molecule has 0 amide bonds. The zero-order chi connectivity index (χ0) is 15.4. The molecule has 0 saturated carbocycles. The van der Waals surface area contributed by atoms with Crippen LogP contribution in [-0.4, -0.2) is 43.2 Å². The molecule has 0 bridgehead atoms. The Kier molecular flexibility index (Phi) is 4.85. The molecule has 2 aromatic rings. The summed E-state index contributed by atoms with van der Waals surface area (Å²) in [6.45, 7) is 2.62. The summed E-state index contributed by atoms with van der Waals surface area (Å²) in [5.74, 6) is 0.555. The smallest absolute Gasteiger partial charge is 0.304 e. The fraction of sp³-hybridized carbons (Fsp3) is 0.438. The summed E-state index contributed by atoms with van der Waals surface area (Å²) in [6.07, 6.45) is 2.99. The molecule has 0 unspecified atom stereocenters. The summed E-state index contributed by atoms with van der Waals surface area (Å²) in [5, 5.41) is 1.14. The lowest BCUT2D eigenvalue weighted by Gasteiger charge is -2.08. The van der Waals surface area contributed by atoms with Gasteiger partial charge in [-0.1, -0.05) is 0 Å². The van der Waals surface area contributed by atoms with E-state index in [9.17, 15) is 4.79 Å². The SMILES string of the molecule is COc1ccc2c(c1)c(CCN(C)C)cn2COC(C)=O. The van der Waals surface area contributed by atoms with Crippen LogP contribution in [0.25, 0.3) is 10.9 Å². The zero-order valence-electron chi connectivity index (χ0n) is 13.0. The van der Waals surface area contributed by atoms with Crippen LogP contribution in [0.2, 0.25) is 0 Å². The van der Waals surface area contributed by atoms with E-state index in [-0.39, 0.29) is 12.7 Å². The van der Waals surface area contributed by atoms with Gasteiger partial charge in [-0.25, -0.2) is 0 Å². The first-order valence-electron chi connectivity index (χ1n) is 6.95. The molecule has 0 radical (unpaired) electrons. The van der Waals surface area contributed by atoms with Crippen LogP contribution in [0.15, 0.2) is 24.4 Å². The highest BCUT2D eigenvalue weighted by Gasteiger charge is 2.10. The van der Waals surface area contributed by atoms with Gasteiger partial charge in [0.15, 0.2) is 6.73 Å². The first-order valence-corrected chi connectivity index (χ1v) is 6.95. The Bertz CT molecular complexity index is 632. The van der Waals surface area contributed by atoms with E-state index in [1.54, 1.807) is 7.11 Å². The van der Waals surface area contributed by atoms with E-state index in [0.29, 0.717) is 0 Å². The first-order chi connectivity index (χ1) is 10.0. The quantitative estimate of drug-likeness (QED) is 0.766. The standard InChI is InChI=1S/C16H22N2O3/c1-12(19)21-11-18-10-13(7-8-17(2)3)15-9-14(20-4)5-6-16(15)18/h5-6,9-10H,7-8,11H2,1-4H3. The van der Waals surface area contributed by atoms with Gasteiger partial charge in [0.1, 0.15) is 5.75 Å². The van der Waals surface area contributed by atoms with Crippen molar-refractivity contribution in [1.82, 2.24) is 9.47 Å². The number of hydrogen-bond acceptors (Lipinski definition) is 4. The highest BCUT2D eigenvalue weighted by Crippen LogP contribution is 2.26. The van der Waals surface area contributed by atoms with E-state index in [1.807, 2.05) is 22.8 Å². The van der Waals surface area contributed by atoms with Crippen molar-refractivity contribution in [3.05, 3.63) is 30.0 Å². The van der Waals surface area contributed by atoms with Crippen molar-refractivity contribution in [2.45, 2.75) is 20.1 Å². The third-order valence-electron chi connectivity index (χ3n) is 3.41. The third-order valence-corrected chi connectivity index (χ3v) is 3.41. The van der Waals surface area contributed by atoms with Gasteiger partial charge in [0.2, 0.25) is 0 Å². The Morgan fingerprint density at radius 3 is 2.71 bits per heavy atom. The number of carbonyl (C=O) groups is 1. The van der Waals surface area contributed by atoms with Gasteiger partial charge >= 0.3 is 5.97 Å². The third kappa shape index (κ3) is 3.76. The molecule has 5 heteroatoms. The van der Waals surface area contributed by atoms with Crippen molar-refractivity contribution in [3.63, 3.8) is 0 Å². The number of carbonyl (C=O) groups excluding carboxylic acids is 1. The fourth-order valence-corrected chi connectivity index (χ4v) is 2.29. The average molecular weight is 290 g/mol. The summed E-state index contributed by atoms with van der Waals surface area (Å²) in [5.41, 5.74) is 2.27. The Morgan fingerprint density at radius 2 is 2.10 bits per heavy atom. The topological polar surface area (TPSA) is 43.7 Å². The van der Waals surface area contributed by atoms with Gasteiger partial charge in [0, 0.05) is 25.1 Å². The van der Waals surface area contributed by atoms with Crippen LogP contribution >= 0.6 is 0 Å². The van der Waals surface area contributed by atoms with E-state index >= 15 is 0 Å². The van der Waals surface area contributed by atoms with E-state index in [1.165, 1.54) is 12.5 Å². The predicted octanol–water partition coefficient (Wildman–Crippen LogP) is 2.27. The normalized spacial score (nSPS) is 11.1. The fourth-order valence-electron chi connectivity index (χ4n) is 2.29. The lowest BCUT2D eigenvalue weighted by atomic mass is 10.1. The predicted molar refractivity (Wildman–Crippen MR) is 82.5 cm³/mol. The molecular formula is C16H22N2O3. The number of benzene rings is 1. The summed E-state index contributed by atoms with van der Waals surface area (Å²) < 4.78 is 12.4. The van der Waals surface area contributed by atoms with Crippen LogP contribution < -0.4 is 4.74 Å².